The average Bonchev–Trinajstić information content (AvgIpc) is 2.89. The number of aryl methyl sites for hydroxylation is 1. The van der Waals surface area contributed by atoms with E-state index >= 15 is 0 Å². The SMILES string of the molecule is Cc1ccc(S(=O)(=O)N(Cc2ccccc2)c2ccccc2C(=O)NN=Cc2ccccc2O)cc1. The summed E-state index contributed by atoms with van der Waals surface area (Å²) in [7, 11) is -4.01. The fourth-order valence-electron chi connectivity index (χ4n) is 3.59. The second-order valence-corrected chi connectivity index (χ2v) is 9.95. The quantitative estimate of drug-likeness (QED) is 0.267. The molecule has 2 N–H and O–H groups in total. The smallest absolute Gasteiger partial charge is 0.273 e. The molecule has 0 heterocycles. The van der Waals surface area contributed by atoms with Crippen molar-refractivity contribution < 1.29 is 18.3 Å². The molecule has 0 bridgehead atoms. The first-order valence-corrected chi connectivity index (χ1v) is 12.6. The fourth-order valence-corrected chi connectivity index (χ4v) is 5.06. The van der Waals surface area contributed by atoms with E-state index in [1.165, 1.54) is 16.6 Å². The first kappa shape index (κ1) is 24.7. The van der Waals surface area contributed by atoms with Gasteiger partial charge < -0.3 is 5.11 Å². The standard InChI is InChI=1S/C28H25N3O4S/c1-21-15-17-24(18-16-21)36(34,35)31(20-22-9-3-2-4-10-22)26-13-7-6-12-25(26)28(33)30-29-19-23-11-5-8-14-27(23)32/h2-19,32H,20H2,1H3,(H,30,33). The van der Waals surface area contributed by atoms with Gasteiger partial charge in [-0.25, -0.2) is 13.8 Å². The lowest BCUT2D eigenvalue weighted by Crippen LogP contribution is -2.33. The second kappa shape index (κ2) is 10.9. The minimum atomic E-state index is -4.01. The van der Waals surface area contributed by atoms with Gasteiger partial charge in [-0.2, -0.15) is 5.10 Å². The minimum absolute atomic E-state index is 0.0223. The van der Waals surface area contributed by atoms with Crippen molar-refractivity contribution in [3.8, 4) is 5.75 Å². The molecule has 1 amide bonds. The van der Waals surface area contributed by atoms with Crippen LogP contribution >= 0.6 is 0 Å². The van der Waals surface area contributed by atoms with Gasteiger partial charge in [-0.05, 0) is 48.9 Å². The maximum atomic E-state index is 13.8. The number of nitrogens with zero attached hydrogens (tertiary/aromatic N) is 2. The lowest BCUT2D eigenvalue weighted by Gasteiger charge is -2.26. The summed E-state index contributed by atoms with van der Waals surface area (Å²) in [6.45, 7) is 1.91. The number of benzene rings is 4. The molecular weight excluding hydrogens is 474 g/mol. The molecule has 0 aliphatic carbocycles. The van der Waals surface area contributed by atoms with Gasteiger partial charge in [0.1, 0.15) is 5.75 Å². The van der Waals surface area contributed by atoms with Crippen LogP contribution < -0.4 is 9.73 Å². The molecule has 4 aromatic rings. The highest BCUT2D eigenvalue weighted by molar-refractivity contribution is 7.92. The summed E-state index contributed by atoms with van der Waals surface area (Å²) in [6.07, 6.45) is 1.32. The normalized spacial score (nSPS) is 11.4. The van der Waals surface area contributed by atoms with E-state index in [0.29, 0.717) is 5.56 Å². The number of hydrogen-bond donors (Lipinski definition) is 2. The number of aromatic hydroxyl groups is 1. The van der Waals surface area contributed by atoms with Crippen molar-refractivity contribution in [2.45, 2.75) is 18.4 Å². The number of carbonyl (C=O) groups excluding carboxylic acids is 1. The van der Waals surface area contributed by atoms with E-state index in [9.17, 15) is 18.3 Å². The molecule has 36 heavy (non-hydrogen) atoms. The van der Waals surface area contributed by atoms with Crippen LogP contribution in [0.3, 0.4) is 0 Å². The number of rotatable bonds is 8. The van der Waals surface area contributed by atoms with Gasteiger partial charge >= 0.3 is 0 Å². The molecule has 4 aromatic carbocycles. The first-order chi connectivity index (χ1) is 17.4. The molecule has 0 aliphatic heterocycles. The van der Waals surface area contributed by atoms with Gasteiger partial charge in [0.15, 0.2) is 0 Å². The third kappa shape index (κ3) is 5.61. The molecule has 182 valence electrons. The van der Waals surface area contributed by atoms with E-state index in [-0.39, 0.29) is 28.4 Å². The Morgan fingerprint density at radius 3 is 2.25 bits per heavy atom. The van der Waals surface area contributed by atoms with Gasteiger partial charge in [0.05, 0.1) is 28.9 Å². The van der Waals surface area contributed by atoms with Crippen molar-refractivity contribution >= 4 is 27.8 Å². The number of hydrazone groups is 1. The molecular formula is C28H25N3O4S. The zero-order chi connectivity index (χ0) is 25.5. The molecule has 0 saturated heterocycles. The number of para-hydroxylation sites is 2. The molecule has 0 aliphatic rings. The van der Waals surface area contributed by atoms with Crippen LogP contribution in [0, 0.1) is 6.92 Å². The molecule has 0 radical (unpaired) electrons. The van der Waals surface area contributed by atoms with Crippen LogP contribution in [0.25, 0.3) is 0 Å². The molecule has 8 heteroatoms. The lowest BCUT2D eigenvalue weighted by atomic mass is 10.1. The Bertz CT molecular complexity index is 1480. The van der Waals surface area contributed by atoms with E-state index in [1.54, 1.807) is 66.7 Å². The summed E-state index contributed by atoms with van der Waals surface area (Å²) in [6, 6.07) is 28.8. The molecule has 4 rings (SSSR count). The van der Waals surface area contributed by atoms with Gasteiger partial charge in [0.2, 0.25) is 0 Å². The van der Waals surface area contributed by atoms with Crippen molar-refractivity contribution in [1.29, 1.82) is 0 Å². The number of sulfonamides is 1. The number of anilines is 1. The van der Waals surface area contributed by atoms with E-state index in [4.69, 9.17) is 0 Å². The predicted molar refractivity (Wildman–Crippen MR) is 141 cm³/mol. The molecule has 0 unspecified atom stereocenters. The van der Waals surface area contributed by atoms with E-state index in [0.717, 1.165) is 11.1 Å². The van der Waals surface area contributed by atoms with Crippen LogP contribution in [0.5, 0.6) is 5.75 Å². The van der Waals surface area contributed by atoms with E-state index in [2.05, 4.69) is 10.5 Å². The Labute approximate surface area is 210 Å². The summed E-state index contributed by atoms with van der Waals surface area (Å²) >= 11 is 0. The number of phenols is 1. The summed E-state index contributed by atoms with van der Waals surface area (Å²) in [5.74, 6) is -0.566. The van der Waals surface area contributed by atoms with Crippen molar-refractivity contribution in [2.75, 3.05) is 4.31 Å². The Hall–Kier alpha value is -4.43. The maximum absolute atomic E-state index is 13.8. The van der Waals surface area contributed by atoms with Crippen LogP contribution in [0.2, 0.25) is 0 Å². The molecule has 0 atom stereocenters. The number of amides is 1. The lowest BCUT2D eigenvalue weighted by molar-refractivity contribution is 0.0955. The molecule has 0 spiro atoms. The van der Waals surface area contributed by atoms with Crippen molar-refractivity contribution in [3.05, 3.63) is 125 Å². The van der Waals surface area contributed by atoms with E-state index < -0.39 is 15.9 Å². The third-order valence-electron chi connectivity index (χ3n) is 5.50. The Balaban J connectivity index is 1.71. The number of nitrogens with one attached hydrogen (secondary N) is 1. The zero-order valence-corrected chi connectivity index (χ0v) is 20.4. The zero-order valence-electron chi connectivity index (χ0n) is 19.6. The van der Waals surface area contributed by atoms with Gasteiger partial charge in [-0.15, -0.1) is 0 Å². The fraction of sp³-hybridized carbons (Fsp3) is 0.0714. The van der Waals surface area contributed by atoms with Crippen molar-refractivity contribution in [1.82, 2.24) is 5.43 Å². The summed E-state index contributed by atoms with van der Waals surface area (Å²) < 4.78 is 28.8. The Morgan fingerprint density at radius 2 is 1.53 bits per heavy atom. The minimum Gasteiger partial charge on any atom is -0.507 e. The van der Waals surface area contributed by atoms with Gasteiger partial charge in [0, 0.05) is 5.56 Å². The average molecular weight is 500 g/mol. The molecule has 0 fully saturated rings. The first-order valence-electron chi connectivity index (χ1n) is 11.2. The van der Waals surface area contributed by atoms with Gasteiger partial charge in [-0.1, -0.05) is 72.3 Å². The van der Waals surface area contributed by atoms with Crippen LogP contribution in [-0.2, 0) is 16.6 Å². The second-order valence-electron chi connectivity index (χ2n) is 8.09. The van der Waals surface area contributed by atoms with Gasteiger partial charge in [0.25, 0.3) is 15.9 Å². The van der Waals surface area contributed by atoms with E-state index in [1.807, 2.05) is 37.3 Å². The number of phenolic OH excluding ortho intramolecular Hbond substituents is 1. The van der Waals surface area contributed by atoms with Crippen LogP contribution in [0.1, 0.15) is 27.0 Å². The molecule has 0 saturated carbocycles. The van der Waals surface area contributed by atoms with Gasteiger partial charge in [-0.3, -0.25) is 9.10 Å². The monoisotopic (exact) mass is 499 g/mol. The Kier molecular flexibility index (Phi) is 7.46. The number of hydrogen-bond acceptors (Lipinski definition) is 5. The largest absolute Gasteiger partial charge is 0.507 e. The van der Waals surface area contributed by atoms with Crippen molar-refractivity contribution in [3.63, 3.8) is 0 Å². The number of carbonyl (C=O) groups is 1. The summed E-state index contributed by atoms with van der Waals surface area (Å²) in [4.78, 5) is 13.2. The highest BCUT2D eigenvalue weighted by Crippen LogP contribution is 2.29. The van der Waals surface area contributed by atoms with Crippen LogP contribution in [0.15, 0.2) is 113 Å². The summed E-state index contributed by atoms with van der Waals surface area (Å²) in [5.41, 5.74) is 4.92. The van der Waals surface area contributed by atoms with Crippen LogP contribution in [-0.4, -0.2) is 25.6 Å². The third-order valence-corrected chi connectivity index (χ3v) is 7.28. The summed E-state index contributed by atoms with van der Waals surface area (Å²) in [5, 5.41) is 13.8. The molecule has 0 aromatic heterocycles. The maximum Gasteiger partial charge on any atom is 0.273 e. The van der Waals surface area contributed by atoms with Crippen molar-refractivity contribution in [2.24, 2.45) is 5.10 Å². The Morgan fingerprint density at radius 1 is 0.889 bits per heavy atom. The van der Waals surface area contributed by atoms with Crippen LogP contribution in [0.4, 0.5) is 5.69 Å². The highest BCUT2D eigenvalue weighted by atomic mass is 32.2. The highest BCUT2D eigenvalue weighted by Gasteiger charge is 2.28. The topological polar surface area (TPSA) is 99.1 Å². The molecule has 7 nitrogen and oxygen atoms in total. The predicted octanol–water partition coefficient (Wildman–Crippen LogP) is 4.86.